The van der Waals surface area contributed by atoms with E-state index in [0.717, 1.165) is 6.08 Å². The quantitative estimate of drug-likeness (QED) is 0.555. The Bertz CT molecular complexity index is 693. The number of rotatable bonds is 6. The summed E-state index contributed by atoms with van der Waals surface area (Å²) in [6.45, 7) is 3.04. The van der Waals surface area contributed by atoms with Crippen LogP contribution in [0.2, 0.25) is 0 Å². The molecule has 2 heterocycles. The largest absolute Gasteiger partial charge is 0.462 e. The molecule has 2 aliphatic heterocycles. The molecule has 146 valence electrons. The molecule has 1 aromatic carbocycles. The smallest absolute Gasteiger partial charge is 0.330 e. The monoisotopic (exact) mass is 375 g/mol. The molecule has 2 fully saturated rings. The second-order valence-corrected chi connectivity index (χ2v) is 7.07. The Labute approximate surface area is 158 Å². The van der Waals surface area contributed by atoms with Crippen molar-refractivity contribution >= 4 is 11.9 Å². The molecule has 0 spiro atoms. The highest BCUT2D eigenvalue weighted by Crippen LogP contribution is 2.38. The van der Waals surface area contributed by atoms with Gasteiger partial charge in [-0.05, 0) is 12.6 Å². The zero-order chi connectivity index (χ0) is 19.6. The van der Waals surface area contributed by atoms with Gasteiger partial charge in [0.05, 0.1) is 12.6 Å². The van der Waals surface area contributed by atoms with Crippen molar-refractivity contribution in [1.82, 2.24) is 4.90 Å². The number of ether oxygens (including phenoxy) is 2. The second-order valence-electron chi connectivity index (χ2n) is 7.07. The van der Waals surface area contributed by atoms with Crippen LogP contribution in [0, 0.1) is 0 Å². The first-order chi connectivity index (χ1) is 13.0. The van der Waals surface area contributed by atoms with Gasteiger partial charge in [0.1, 0.15) is 24.2 Å². The number of carbonyl (C=O) groups is 2. The minimum Gasteiger partial charge on any atom is -0.462 e. The van der Waals surface area contributed by atoms with Crippen LogP contribution in [-0.4, -0.2) is 71.1 Å². The van der Waals surface area contributed by atoms with Crippen LogP contribution in [0.25, 0.3) is 0 Å². The Hall–Kier alpha value is -2.22. The fraction of sp³-hybridized carbons (Fsp3) is 0.500. The summed E-state index contributed by atoms with van der Waals surface area (Å²) in [4.78, 5) is 26.1. The zero-order valence-electron chi connectivity index (χ0n) is 15.2. The van der Waals surface area contributed by atoms with E-state index in [1.54, 1.807) is 24.3 Å². The van der Waals surface area contributed by atoms with E-state index < -0.39 is 36.2 Å². The summed E-state index contributed by atoms with van der Waals surface area (Å²) in [5.41, 5.74) is 0.693. The molecule has 27 heavy (non-hydrogen) atoms. The van der Waals surface area contributed by atoms with Crippen molar-refractivity contribution < 1.29 is 29.3 Å². The van der Waals surface area contributed by atoms with Crippen LogP contribution in [0.5, 0.6) is 0 Å². The van der Waals surface area contributed by atoms with Crippen LogP contribution in [-0.2, 0) is 19.1 Å². The van der Waals surface area contributed by atoms with E-state index >= 15 is 0 Å². The average Bonchev–Trinajstić information content (AvgIpc) is 2.79. The Kier molecular flexibility index (Phi) is 5.94. The van der Waals surface area contributed by atoms with Crippen LogP contribution in [0.15, 0.2) is 43.0 Å². The third-order valence-corrected chi connectivity index (χ3v) is 5.54. The van der Waals surface area contributed by atoms with Crippen LogP contribution >= 0.6 is 0 Å². The third-order valence-electron chi connectivity index (χ3n) is 5.54. The molecule has 7 heteroatoms. The summed E-state index contributed by atoms with van der Waals surface area (Å²) < 4.78 is 11.0. The van der Waals surface area contributed by atoms with Gasteiger partial charge in [0.2, 0.25) is 0 Å². The normalized spacial score (nSPS) is 31.1. The van der Waals surface area contributed by atoms with E-state index in [2.05, 4.69) is 6.58 Å². The molecule has 1 unspecified atom stereocenters. The molecule has 0 aliphatic carbocycles. The number of hydrogen-bond acceptors (Lipinski definition) is 7. The Morgan fingerprint density at radius 3 is 2.56 bits per heavy atom. The molecule has 1 aromatic rings. The molecule has 2 saturated heterocycles. The summed E-state index contributed by atoms with van der Waals surface area (Å²) in [7, 11) is 1.86. The minimum atomic E-state index is -0.852. The molecule has 3 rings (SSSR count). The zero-order valence-corrected chi connectivity index (χ0v) is 15.2. The van der Waals surface area contributed by atoms with Crippen molar-refractivity contribution in [3.8, 4) is 0 Å². The first kappa shape index (κ1) is 19.5. The SMILES string of the molecule is C=CC(=O)O[C@@H]1[C@H](O)[C@@H]2C[C@@H](OC(=O)C(CO)c3ccccc3)C[C@H]1N2C. The number of aliphatic hydroxyl groups excluding tert-OH is 2. The number of esters is 2. The molecular weight excluding hydrogens is 350 g/mol. The molecule has 2 bridgehead atoms. The van der Waals surface area contributed by atoms with Gasteiger partial charge in [-0.15, -0.1) is 0 Å². The maximum absolute atomic E-state index is 12.6. The van der Waals surface area contributed by atoms with Crippen molar-refractivity contribution in [3.05, 3.63) is 48.6 Å². The number of hydrogen-bond donors (Lipinski definition) is 2. The van der Waals surface area contributed by atoms with Gasteiger partial charge in [0.15, 0.2) is 0 Å². The predicted octanol–water partition coefficient (Wildman–Crippen LogP) is 0.609. The molecule has 7 nitrogen and oxygen atoms in total. The standard InChI is InChI=1S/C20H25NO6/c1-3-17(23)27-19-16-10-13(9-15(18(19)24)21(16)2)26-20(25)14(11-22)12-7-5-4-6-8-12/h3-8,13-16,18-19,22,24H,1,9-11H2,2H3/t13-,14?,15+,16-,18-,19+/m1/s1. The topological polar surface area (TPSA) is 96.3 Å². The van der Waals surface area contributed by atoms with E-state index in [0.29, 0.717) is 18.4 Å². The lowest BCUT2D eigenvalue weighted by atomic mass is 9.98. The lowest BCUT2D eigenvalue weighted by Gasteiger charge is -2.36. The molecule has 2 aliphatic rings. The number of likely N-dealkylation sites (N-methyl/N-ethyl adjacent to an activating group) is 1. The summed E-state index contributed by atoms with van der Waals surface area (Å²) in [6, 6.07) is 8.47. The Balaban J connectivity index is 1.68. The number of carbonyl (C=O) groups excluding carboxylic acids is 2. The number of piperidine rings is 1. The van der Waals surface area contributed by atoms with Crippen LogP contribution in [0.3, 0.4) is 0 Å². The Morgan fingerprint density at radius 1 is 1.26 bits per heavy atom. The highest BCUT2D eigenvalue weighted by Gasteiger charge is 2.53. The van der Waals surface area contributed by atoms with Gasteiger partial charge in [-0.3, -0.25) is 9.69 Å². The van der Waals surface area contributed by atoms with Crippen LogP contribution < -0.4 is 0 Å². The molecule has 0 amide bonds. The fourth-order valence-corrected chi connectivity index (χ4v) is 4.08. The minimum absolute atomic E-state index is 0.246. The van der Waals surface area contributed by atoms with Crippen molar-refractivity contribution in [2.24, 2.45) is 0 Å². The molecule has 0 aromatic heterocycles. The summed E-state index contributed by atoms with van der Waals surface area (Å²) in [5.74, 6) is -1.83. The summed E-state index contributed by atoms with van der Waals surface area (Å²) in [5, 5.41) is 20.2. The van der Waals surface area contributed by atoms with Crippen molar-refractivity contribution in [1.29, 1.82) is 0 Å². The molecule has 0 saturated carbocycles. The van der Waals surface area contributed by atoms with Gasteiger partial charge < -0.3 is 19.7 Å². The lowest BCUT2D eigenvalue weighted by Crippen LogP contribution is -2.46. The number of fused-ring (bicyclic) bond motifs is 2. The Morgan fingerprint density at radius 2 is 1.93 bits per heavy atom. The number of benzene rings is 1. The lowest BCUT2D eigenvalue weighted by molar-refractivity contribution is -0.157. The van der Waals surface area contributed by atoms with E-state index in [1.165, 1.54) is 0 Å². The maximum atomic E-state index is 12.6. The maximum Gasteiger partial charge on any atom is 0.330 e. The van der Waals surface area contributed by atoms with Gasteiger partial charge in [0.25, 0.3) is 0 Å². The van der Waals surface area contributed by atoms with Gasteiger partial charge in [0, 0.05) is 25.0 Å². The molecule has 2 N–H and O–H groups in total. The van der Waals surface area contributed by atoms with E-state index in [-0.39, 0.29) is 18.7 Å². The predicted molar refractivity (Wildman–Crippen MR) is 96.8 cm³/mol. The summed E-state index contributed by atoms with van der Waals surface area (Å²) >= 11 is 0. The number of nitrogens with zero attached hydrogens (tertiary/aromatic N) is 1. The van der Waals surface area contributed by atoms with Gasteiger partial charge in [-0.2, -0.15) is 0 Å². The molecular formula is C20H25NO6. The number of aliphatic hydroxyl groups is 2. The van der Waals surface area contributed by atoms with Crippen molar-refractivity contribution in [3.63, 3.8) is 0 Å². The highest BCUT2D eigenvalue weighted by atomic mass is 16.6. The highest BCUT2D eigenvalue weighted by molar-refractivity contribution is 5.81. The van der Waals surface area contributed by atoms with Gasteiger partial charge in [-0.1, -0.05) is 36.9 Å². The van der Waals surface area contributed by atoms with Crippen LogP contribution in [0.4, 0.5) is 0 Å². The van der Waals surface area contributed by atoms with E-state index in [1.807, 2.05) is 18.0 Å². The van der Waals surface area contributed by atoms with Crippen molar-refractivity contribution in [2.45, 2.75) is 49.2 Å². The molecule has 6 atom stereocenters. The van der Waals surface area contributed by atoms with E-state index in [9.17, 15) is 19.8 Å². The fourth-order valence-electron chi connectivity index (χ4n) is 4.08. The first-order valence-corrected chi connectivity index (χ1v) is 9.05. The van der Waals surface area contributed by atoms with Crippen molar-refractivity contribution in [2.75, 3.05) is 13.7 Å². The average molecular weight is 375 g/mol. The first-order valence-electron chi connectivity index (χ1n) is 9.05. The van der Waals surface area contributed by atoms with Crippen LogP contribution in [0.1, 0.15) is 24.3 Å². The summed E-state index contributed by atoms with van der Waals surface area (Å²) in [6.07, 6.45) is 0.00116. The second kappa shape index (κ2) is 8.21. The third kappa shape index (κ3) is 3.90. The van der Waals surface area contributed by atoms with Gasteiger partial charge in [-0.25, -0.2) is 4.79 Å². The van der Waals surface area contributed by atoms with Gasteiger partial charge >= 0.3 is 11.9 Å². The molecule has 0 radical (unpaired) electrons. The van der Waals surface area contributed by atoms with E-state index in [4.69, 9.17) is 9.47 Å².